The third-order valence-electron chi connectivity index (χ3n) is 3.36. The fourth-order valence-corrected chi connectivity index (χ4v) is 2.20. The first kappa shape index (κ1) is 17.0. The molecule has 6 heteroatoms. The topological polar surface area (TPSA) is 84.2 Å². The molecule has 0 fully saturated rings. The summed E-state index contributed by atoms with van der Waals surface area (Å²) in [6.07, 6.45) is 1.37. The van der Waals surface area contributed by atoms with E-state index in [2.05, 4.69) is 16.9 Å². The summed E-state index contributed by atoms with van der Waals surface area (Å²) in [4.78, 5) is 28.4. The monoisotopic (exact) mass is 318 g/mol. The van der Waals surface area contributed by atoms with E-state index in [4.69, 9.17) is 9.47 Å². The van der Waals surface area contributed by atoms with Crippen LogP contribution in [0, 0.1) is 0 Å². The van der Waals surface area contributed by atoms with Crippen LogP contribution in [0.2, 0.25) is 0 Å². The second-order valence-electron chi connectivity index (χ2n) is 5.17. The molecule has 0 aliphatic heterocycles. The van der Waals surface area contributed by atoms with E-state index < -0.39 is 5.69 Å². The lowest BCUT2D eigenvalue weighted by atomic mass is 10.0. The van der Waals surface area contributed by atoms with Gasteiger partial charge in [-0.1, -0.05) is 19.1 Å². The molecule has 0 spiro atoms. The van der Waals surface area contributed by atoms with Crippen molar-refractivity contribution >= 4 is 0 Å². The normalized spacial score (nSPS) is 10.7. The van der Waals surface area contributed by atoms with Gasteiger partial charge in [-0.05, 0) is 31.0 Å². The van der Waals surface area contributed by atoms with Gasteiger partial charge < -0.3 is 14.5 Å². The van der Waals surface area contributed by atoms with Crippen LogP contribution < -0.4 is 16.0 Å². The molecule has 6 nitrogen and oxygen atoms in total. The number of rotatable bonds is 8. The van der Waals surface area contributed by atoms with Gasteiger partial charge in [-0.3, -0.25) is 9.78 Å². The molecule has 0 bridgehead atoms. The molecule has 0 aliphatic carbocycles. The van der Waals surface area contributed by atoms with E-state index in [1.165, 1.54) is 0 Å². The Labute approximate surface area is 134 Å². The first-order valence-corrected chi connectivity index (χ1v) is 7.77. The van der Waals surface area contributed by atoms with E-state index in [9.17, 15) is 9.59 Å². The van der Waals surface area contributed by atoms with Gasteiger partial charge in [-0.25, -0.2) is 4.79 Å². The molecule has 0 saturated heterocycles. The van der Waals surface area contributed by atoms with Crippen LogP contribution in [0.4, 0.5) is 0 Å². The van der Waals surface area contributed by atoms with Crippen molar-refractivity contribution in [2.24, 2.45) is 0 Å². The summed E-state index contributed by atoms with van der Waals surface area (Å²) >= 11 is 0. The van der Waals surface area contributed by atoms with Crippen molar-refractivity contribution in [3.05, 3.63) is 61.9 Å². The summed E-state index contributed by atoms with van der Waals surface area (Å²) in [5, 5.41) is 0. The van der Waals surface area contributed by atoms with E-state index in [0.717, 1.165) is 17.7 Å². The van der Waals surface area contributed by atoms with Gasteiger partial charge in [-0.2, -0.15) is 0 Å². The van der Waals surface area contributed by atoms with Crippen molar-refractivity contribution in [1.29, 1.82) is 0 Å². The van der Waals surface area contributed by atoms with E-state index in [1.54, 1.807) is 0 Å². The third kappa shape index (κ3) is 4.82. The second kappa shape index (κ2) is 8.33. The first-order chi connectivity index (χ1) is 11.1. The van der Waals surface area contributed by atoms with Crippen LogP contribution in [0.25, 0.3) is 0 Å². The molecule has 1 heterocycles. The highest BCUT2D eigenvalue weighted by Crippen LogP contribution is 2.15. The number of hydrogen-bond donors (Lipinski definition) is 2. The van der Waals surface area contributed by atoms with Crippen molar-refractivity contribution in [3.8, 4) is 5.75 Å². The van der Waals surface area contributed by atoms with Gasteiger partial charge in [0.2, 0.25) is 0 Å². The molecular weight excluding hydrogens is 296 g/mol. The molecule has 2 rings (SSSR count). The maximum atomic E-state index is 12.1. The Balaban J connectivity index is 2.21. The van der Waals surface area contributed by atoms with Crippen LogP contribution in [0.15, 0.2) is 33.9 Å². The number of aromatic nitrogens is 2. The van der Waals surface area contributed by atoms with Crippen LogP contribution in [-0.2, 0) is 17.8 Å². The Bertz CT molecular complexity index is 731. The molecule has 0 atom stereocenters. The highest BCUT2D eigenvalue weighted by atomic mass is 16.5. The molecule has 2 N–H and O–H groups in total. The molecule has 0 unspecified atom stereocenters. The van der Waals surface area contributed by atoms with Crippen molar-refractivity contribution in [1.82, 2.24) is 9.97 Å². The lowest BCUT2D eigenvalue weighted by Crippen LogP contribution is -2.28. The van der Waals surface area contributed by atoms with Gasteiger partial charge in [0.25, 0.3) is 5.56 Å². The average molecular weight is 318 g/mol. The number of benzene rings is 1. The molecule has 124 valence electrons. The SMILES string of the molecule is CCCOc1ccc(Cc2c(COCC)[nH]c(=O)[nH]c2=O)cc1. The van der Waals surface area contributed by atoms with E-state index >= 15 is 0 Å². The fraction of sp³-hybridized carbons (Fsp3) is 0.412. The quantitative estimate of drug-likeness (QED) is 0.779. The maximum absolute atomic E-state index is 12.1. The number of aromatic amines is 2. The molecule has 23 heavy (non-hydrogen) atoms. The highest BCUT2D eigenvalue weighted by Gasteiger charge is 2.10. The van der Waals surface area contributed by atoms with Gasteiger partial charge in [0.1, 0.15) is 5.75 Å². The minimum absolute atomic E-state index is 0.211. The van der Waals surface area contributed by atoms with Crippen molar-refractivity contribution in [3.63, 3.8) is 0 Å². The Morgan fingerprint density at radius 1 is 1.04 bits per heavy atom. The molecule has 0 amide bonds. The van der Waals surface area contributed by atoms with Gasteiger partial charge in [0.15, 0.2) is 0 Å². The van der Waals surface area contributed by atoms with Crippen molar-refractivity contribution in [2.75, 3.05) is 13.2 Å². The fourth-order valence-electron chi connectivity index (χ4n) is 2.20. The van der Waals surface area contributed by atoms with Gasteiger partial charge >= 0.3 is 5.69 Å². The maximum Gasteiger partial charge on any atom is 0.325 e. The van der Waals surface area contributed by atoms with Gasteiger partial charge in [0.05, 0.1) is 18.9 Å². The number of nitrogens with one attached hydrogen (secondary N) is 2. The molecule has 2 aromatic rings. The van der Waals surface area contributed by atoms with Gasteiger partial charge in [-0.15, -0.1) is 0 Å². The standard InChI is InChI=1S/C17H22N2O4/c1-3-9-23-13-7-5-12(6-8-13)10-14-15(11-22-4-2)18-17(21)19-16(14)20/h5-8H,3-4,9-11H2,1-2H3,(H2,18,19,20,21). The summed E-state index contributed by atoms with van der Waals surface area (Å²) in [5.74, 6) is 0.806. The Hall–Kier alpha value is -2.34. The predicted molar refractivity (Wildman–Crippen MR) is 88.0 cm³/mol. The minimum atomic E-state index is -0.517. The zero-order valence-electron chi connectivity index (χ0n) is 13.5. The molecule has 0 radical (unpaired) electrons. The lowest BCUT2D eigenvalue weighted by Gasteiger charge is -2.09. The van der Waals surface area contributed by atoms with Crippen LogP contribution in [0.5, 0.6) is 5.75 Å². The Morgan fingerprint density at radius 2 is 1.78 bits per heavy atom. The van der Waals surface area contributed by atoms with E-state index in [0.29, 0.717) is 30.9 Å². The smallest absolute Gasteiger partial charge is 0.325 e. The predicted octanol–water partition coefficient (Wildman–Crippen LogP) is 1.98. The third-order valence-corrected chi connectivity index (χ3v) is 3.36. The zero-order valence-corrected chi connectivity index (χ0v) is 13.5. The van der Waals surface area contributed by atoms with Crippen LogP contribution in [0.3, 0.4) is 0 Å². The number of H-pyrrole nitrogens is 2. The lowest BCUT2D eigenvalue weighted by molar-refractivity contribution is 0.130. The summed E-state index contributed by atoms with van der Waals surface area (Å²) in [6, 6.07) is 7.60. The molecule has 1 aromatic heterocycles. The van der Waals surface area contributed by atoms with Crippen molar-refractivity contribution in [2.45, 2.75) is 33.3 Å². The van der Waals surface area contributed by atoms with Crippen LogP contribution in [-0.4, -0.2) is 23.2 Å². The molecule has 1 aromatic carbocycles. The minimum Gasteiger partial charge on any atom is -0.494 e. The summed E-state index contributed by atoms with van der Waals surface area (Å²) in [6.45, 7) is 5.31. The Kier molecular flexibility index (Phi) is 6.17. The average Bonchev–Trinajstić information content (AvgIpc) is 2.55. The largest absolute Gasteiger partial charge is 0.494 e. The highest BCUT2D eigenvalue weighted by molar-refractivity contribution is 5.32. The zero-order chi connectivity index (χ0) is 16.7. The second-order valence-corrected chi connectivity index (χ2v) is 5.17. The van der Waals surface area contributed by atoms with Crippen LogP contribution in [0.1, 0.15) is 37.1 Å². The van der Waals surface area contributed by atoms with Crippen molar-refractivity contribution < 1.29 is 9.47 Å². The first-order valence-electron chi connectivity index (χ1n) is 7.77. The molecule has 0 saturated carbocycles. The van der Waals surface area contributed by atoms with E-state index in [1.807, 2.05) is 31.2 Å². The van der Waals surface area contributed by atoms with E-state index in [-0.39, 0.29) is 12.2 Å². The Morgan fingerprint density at radius 3 is 2.43 bits per heavy atom. The molecular formula is C17H22N2O4. The summed E-state index contributed by atoms with van der Waals surface area (Å²) in [5.41, 5.74) is 1.10. The summed E-state index contributed by atoms with van der Waals surface area (Å²) in [7, 11) is 0. The summed E-state index contributed by atoms with van der Waals surface area (Å²) < 4.78 is 10.9. The molecule has 0 aliphatic rings. The van der Waals surface area contributed by atoms with Gasteiger partial charge in [0, 0.05) is 18.6 Å². The number of ether oxygens (including phenoxy) is 2. The number of hydrogen-bond acceptors (Lipinski definition) is 4. The van der Waals surface area contributed by atoms with Crippen LogP contribution >= 0.6 is 0 Å².